The zero-order chi connectivity index (χ0) is 67.0. The summed E-state index contributed by atoms with van der Waals surface area (Å²) in [5.74, 6) is 1.83. The van der Waals surface area contributed by atoms with Gasteiger partial charge in [-0.2, -0.15) is 0 Å². The summed E-state index contributed by atoms with van der Waals surface area (Å²) >= 11 is 0. The van der Waals surface area contributed by atoms with Crippen molar-refractivity contribution < 1.29 is 19.5 Å². The van der Waals surface area contributed by atoms with Crippen molar-refractivity contribution in [1.82, 2.24) is 9.97 Å². The average molecular weight is 1300 g/mol. The highest BCUT2D eigenvalue weighted by atomic mass is 31.1. The highest BCUT2D eigenvalue weighted by molar-refractivity contribution is 7.67. The van der Waals surface area contributed by atoms with E-state index in [2.05, 4.69) is 220 Å². The van der Waals surface area contributed by atoms with Crippen LogP contribution in [0.2, 0.25) is 0 Å². The summed E-state index contributed by atoms with van der Waals surface area (Å²) in [5, 5.41) is 29.1. The van der Waals surface area contributed by atoms with E-state index in [4.69, 9.17) is 29.5 Å². The van der Waals surface area contributed by atoms with E-state index in [1.165, 1.54) is 169 Å². The predicted molar refractivity (Wildman–Crippen MR) is 416 cm³/mol. The van der Waals surface area contributed by atoms with Crippen LogP contribution in [0.5, 0.6) is 11.5 Å². The van der Waals surface area contributed by atoms with E-state index >= 15 is 0 Å². The van der Waals surface area contributed by atoms with Crippen LogP contribution < -0.4 is 20.2 Å². The quantitative estimate of drug-likeness (QED) is 0.0763. The molecular formula is C90H82BN2O4P. The maximum absolute atomic E-state index is 8.94. The number of hydrogen-bond donors (Lipinski definition) is 2. The minimum atomic E-state index is -1.35. The summed E-state index contributed by atoms with van der Waals surface area (Å²) in [6.07, 6.45) is 18.0. The first-order chi connectivity index (χ1) is 48.1. The minimum Gasteiger partial charge on any atom is -0.496 e. The molecule has 12 aromatic carbocycles. The molecule has 14 aromatic rings. The highest BCUT2D eigenvalue weighted by Crippen LogP contribution is 2.60. The van der Waals surface area contributed by atoms with Crippen molar-refractivity contribution >= 4 is 79.9 Å². The maximum Gasteiger partial charge on any atom is 0.488 e. The van der Waals surface area contributed by atoms with Crippen LogP contribution in [0, 0.1) is 27.7 Å². The van der Waals surface area contributed by atoms with Crippen molar-refractivity contribution in [2.75, 3.05) is 14.2 Å². The third kappa shape index (κ3) is 11.7. The molecule has 0 saturated heterocycles. The Morgan fingerprint density at radius 1 is 0.347 bits per heavy atom. The van der Waals surface area contributed by atoms with Crippen LogP contribution in [-0.4, -0.2) is 52.7 Å². The van der Waals surface area contributed by atoms with Gasteiger partial charge in [0, 0.05) is 33.9 Å². The van der Waals surface area contributed by atoms with E-state index in [-0.39, 0.29) is 7.92 Å². The number of aryl methyl sites for hydroxylation is 4. The topological polar surface area (TPSA) is 84.7 Å². The van der Waals surface area contributed by atoms with Crippen LogP contribution >= 0.6 is 7.92 Å². The normalized spacial score (nSPS) is 13.7. The number of methoxy groups -OCH3 is 2. The van der Waals surface area contributed by atoms with Gasteiger partial charge in [0.15, 0.2) is 0 Å². The van der Waals surface area contributed by atoms with Gasteiger partial charge in [0.05, 0.1) is 30.8 Å². The van der Waals surface area contributed by atoms with Crippen LogP contribution in [0.25, 0.3) is 132 Å². The van der Waals surface area contributed by atoms with Crippen molar-refractivity contribution in [3.63, 3.8) is 0 Å². The molecule has 0 atom stereocenters. The van der Waals surface area contributed by atoms with Gasteiger partial charge in [-0.1, -0.05) is 252 Å². The predicted octanol–water partition coefficient (Wildman–Crippen LogP) is 22.3. The SMILES string of the molecule is COc1cccc(OC)c1-c1ccccc1P(C1CCCCC1)C1CCCCC1.Cc1cccc(C)c1-c1cc2c(cc(-c3ccc4c5c(cccc35)-c3c-4c(-c4ccccc4)c4ccccc4c3-c3ccccc3)c3cccnc32)c2ncccc12.Cc1cccc(C)c1B(O)O. The molecule has 0 spiro atoms. The summed E-state index contributed by atoms with van der Waals surface area (Å²) in [6, 6.07) is 83.3. The lowest BCUT2D eigenvalue weighted by Gasteiger charge is -2.39. The van der Waals surface area contributed by atoms with Gasteiger partial charge in [-0.15, -0.1) is 0 Å². The van der Waals surface area contributed by atoms with Crippen molar-refractivity contribution in [3.05, 3.63) is 265 Å². The minimum absolute atomic E-state index is 0.182. The number of nitrogens with zero attached hydrogens (tertiary/aromatic N) is 2. The second-order valence-electron chi connectivity index (χ2n) is 26.9. The third-order valence-corrected chi connectivity index (χ3v) is 24.7. The number of fused-ring (bicyclic) bond motifs is 9. The van der Waals surface area contributed by atoms with Gasteiger partial charge >= 0.3 is 7.12 Å². The summed E-state index contributed by atoms with van der Waals surface area (Å²) in [4.78, 5) is 10.2. The summed E-state index contributed by atoms with van der Waals surface area (Å²) in [5.41, 5.74) is 26.2. The molecular weight excluding hydrogens is 1210 g/mol. The lowest BCUT2D eigenvalue weighted by atomic mass is 9.74. The smallest absolute Gasteiger partial charge is 0.488 e. The Labute approximate surface area is 578 Å². The number of aromatic nitrogens is 2. The number of rotatable bonds is 11. The van der Waals surface area contributed by atoms with Crippen molar-refractivity contribution in [2.45, 2.75) is 103 Å². The van der Waals surface area contributed by atoms with Crippen molar-refractivity contribution in [2.24, 2.45) is 0 Å². The molecule has 0 aliphatic heterocycles. The Morgan fingerprint density at radius 2 is 0.776 bits per heavy atom. The van der Waals surface area contributed by atoms with E-state index < -0.39 is 7.12 Å². The number of hydrogen-bond acceptors (Lipinski definition) is 6. The monoisotopic (exact) mass is 1300 g/mol. The van der Waals surface area contributed by atoms with Gasteiger partial charge in [-0.3, -0.25) is 9.97 Å². The summed E-state index contributed by atoms with van der Waals surface area (Å²) in [6.45, 7) is 8.14. The first kappa shape index (κ1) is 64.3. The van der Waals surface area contributed by atoms with Crippen LogP contribution in [0.1, 0.15) is 86.5 Å². The molecule has 0 unspecified atom stereocenters. The van der Waals surface area contributed by atoms with Crippen LogP contribution in [-0.2, 0) is 0 Å². The van der Waals surface area contributed by atoms with Gasteiger partial charge in [0.1, 0.15) is 11.5 Å². The zero-order valence-electron chi connectivity index (χ0n) is 56.9. The Balaban J connectivity index is 0.000000162. The maximum atomic E-state index is 8.94. The average Bonchev–Trinajstić information content (AvgIpc) is 1.49. The fraction of sp³-hybridized carbons (Fsp3) is 0.200. The highest BCUT2D eigenvalue weighted by Gasteiger charge is 2.36. The zero-order valence-corrected chi connectivity index (χ0v) is 57.8. The number of benzene rings is 12. The first-order valence-corrected chi connectivity index (χ1v) is 36.5. The molecule has 2 saturated carbocycles. The van der Waals surface area contributed by atoms with Gasteiger partial charge in [0.2, 0.25) is 0 Å². The lowest BCUT2D eigenvalue weighted by Crippen LogP contribution is -2.34. The fourth-order valence-corrected chi connectivity index (χ4v) is 20.8. The Bertz CT molecular complexity index is 5140. The standard InChI is InChI=1S/C56H36N2.C26H35O2P.C8H11BO2/c1-33-15-11-16-34(2)49(33)46-32-48-47(56-42(46)26-14-30-58-56)31-45(41-25-13-29-57-55(41)48)37-27-28-44-52-38(37)23-12-24-43(52)53-50(35-17-5-3-6-18-35)39-21-9-10-22-40(39)51(54(44)53)36-19-7-4-8-20-36;1-27-23-17-11-18-24(28-2)26(23)22-16-9-10-19-25(22)29(20-12-5-3-6-13-20)21-14-7-4-8-15-21;1-6-4-3-5-7(2)8(6)9(10)11/h3-32H,1-2H3;9-11,16-21H,3-8,12-15H2,1-2H3;3-5,10-11H,1-2H3. The third-order valence-electron chi connectivity index (χ3n) is 21.2. The molecule has 2 heterocycles. The molecule has 2 fully saturated rings. The molecule has 2 N–H and O–H groups in total. The first-order valence-electron chi connectivity index (χ1n) is 35.0. The second-order valence-corrected chi connectivity index (χ2v) is 29.7. The van der Waals surface area contributed by atoms with Gasteiger partial charge in [-0.25, -0.2) is 0 Å². The fourth-order valence-electron chi connectivity index (χ4n) is 16.9. The van der Waals surface area contributed by atoms with Gasteiger partial charge in [0.25, 0.3) is 0 Å². The molecule has 0 bridgehead atoms. The van der Waals surface area contributed by atoms with E-state index in [1.807, 2.05) is 50.5 Å². The Hall–Kier alpha value is -9.75. The molecule has 0 amide bonds. The molecule has 3 aliphatic carbocycles. The Morgan fingerprint density at radius 3 is 1.31 bits per heavy atom. The van der Waals surface area contributed by atoms with Crippen molar-refractivity contribution in [1.29, 1.82) is 0 Å². The van der Waals surface area contributed by atoms with E-state index in [9.17, 15) is 0 Å². The van der Waals surface area contributed by atoms with Gasteiger partial charge < -0.3 is 19.5 Å². The molecule has 3 aliphatic rings. The van der Waals surface area contributed by atoms with Crippen LogP contribution in [0.3, 0.4) is 0 Å². The van der Waals surface area contributed by atoms with Crippen molar-refractivity contribution in [3.8, 4) is 89.4 Å². The largest absolute Gasteiger partial charge is 0.496 e. The number of pyridine rings is 2. The van der Waals surface area contributed by atoms with Crippen LogP contribution in [0.4, 0.5) is 0 Å². The molecule has 2 aromatic heterocycles. The second kappa shape index (κ2) is 28.0. The Kier molecular flexibility index (Phi) is 18.4. The molecule has 6 nitrogen and oxygen atoms in total. The van der Waals surface area contributed by atoms with Crippen LogP contribution in [0.15, 0.2) is 243 Å². The molecule has 0 radical (unpaired) electrons. The summed E-state index contributed by atoms with van der Waals surface area (Å²) in [7, 11) is 2.01. The van der Waals surface area contributed by atoms with E-state index in [0.29, 0.717) is 5.46 Å². The molecule has 8 heteroatoms. The lowest BCUT2D eigenvalue weighted by molar-refractivity contribution is 0.397. The molecule has 98 heavy (non-hydrogen) atoms. The number of ether oxygens (including phenoxy) is 2. The summed E-state index contributed by atoms with van der Waals surface area (Å²) < 4.78 is 11.6. The van der Waals surface area contributed by atoms with E-state index in [1.54, 1.807) is 19.5 Å². The van der Waals surface area contributed by atoms with Gasteiger partial charge in [-0.05, 0) is 217 Å². The van der Waals surface area contributed by atoms with E-state index in [0.717, 1.165) is 72.1 Å². The molecule has 17 rings (SSSR count). The molecule has 484 valence electrons.